The number of allylic oxidation sites excluding steroid dienone is 14. The molecule has 0 aliphatic heterocycles. The smallest absolute Gasteiger partial charge is 0.306 e. The van der Waals surface area contributed by atoms with Crippen LogP contribution >= 0.6 is 0 Å². The van der Waals surface area contributed by atoms with Crippen LogP contribution in [0.4, 0.5) is 0 Å². The van der Waals surface area contributed by atoms with Gasteiger partial charge in [-0.25, -0.2) is 0 Å². The predicted molar refractivity (Wildman–Crippen MR) is 316 cm³/mol. The van der Waals surface area contributed by atoms with Crippen LogP contribution in [0, 0.1) is 0 Å². The van der Waals surface area contributed by atoms with E-state index in [0.717, 1.165) is 83.5 Å². The monoisotopic (exact) mass is 1020 g/mol. The van der Waals surface area contributed by atoms with Crippen LogP contribution in [0.25, 0.3) is 0 Å². The Morgan fingerprint density at radius 2 is 0.562 bits per heavy atom. The highest BCUT2D eigenvalue weighted by atomic mass is 16.6. The van der Waals surface area contributed by atoms with Gasteiger partial charge in [0.05, 0.1) is 0 Å². The van der Waals surface area contributed by atoms with Crippen molar-refractivity contribution in [3.8, 4) is 0 Å². The van der Waals surface area contributed by atoms with Gasteiger partial charge in [-0.05, 0) is 83.5 Å². The van der Waals surface area contributed by atoms with Crippen molar-refractivity contribution in [2.24, 2.45) is 0 Å². The molecule has 0 saturated carbocycles. The molecule has 0 amide bonds. The Bertz CT molecular complexity index is 1400. The van der Waals surface area contributed by atoms with Crippen LogP contribution in [0.3, 0.4) is 0 Å². The highest BCUT2D eigenvalue weighted by Gasteiger charge is 2.19. The SMILES string of the molecule is CC/C=C\C/C=C\C/C=C\C/C=C\C/C=C\C/C=C\CCC(=O)OC(COC(=O)CCCCCCC/C=C\CCCCCCCCC)COC(=O)CCCCCCCCCCCCCCCCCCCCCC. The van der Waals surface area contributed by atoms with Gasteiger partial charge in [-0.2, -0.15) is 0 Å². The highest BCUT2D eigenvalue weighted by molar-refractivity contribution is 5.71. The number of unbranched alkanes of at least 4 members (excludes halogenated alkanes) is 31. The molecule has 0 aromatic heterocycles. The molecule has 0 saturated heterocycles. The lowest BCUT2D eigenvalue weighted by atomic mass is 10.0. The first kappa shape index (κ1) is 69.6. The van der Waals surface area contributed by atoms with E-state index in [4.69, 9.17) is 14.2 Å². The minimum atomic E-state index is -0.820. The number of carbonyl (C=O) groups excluding carboxylic acids is 3. The third-order valence-electron chi connectivity index (χ3n) is 13.4. The van der Waals surface area contributed by atoms with Crippen molar-refractivity contribution >= 4 is 17.9 Å². The second-order valence-corrected chi connectivity index (χ2v) is 20.6. The van der Waals surface area contributed by atoms with Crippen molar-refractivity contribution in [1.82, 2.24) is 0 Å². The molecule has 0 bridgehead atoms. The van der Waals surface area contributed by atoms with Gasteiger partial charge in [0.15, 0.2) is 6.10 Å². The van der Waals surface area contributed by atoms with Crippen molar-refractivity contribution in [1.29, 1.82) is 0 Å². The molecule has 0 rings (SSSR count). The van der Waals surface area contributed by atoms with Gasteiger partial charge >= 0.3 is 17.9 Å². The Balaban J connectivity index is 4.46. The van der Waals surface area contributed by atoms with Gasteiger partial charge in [0, 0.05) is 19.3 Å². The van der Waals surface area contributed by atoms with Crippen LogP contribution in [-0.2, 0) is 28.6 Å². The zero-order valence-electron chi connectivity index (χ0n) is 48.1. The maximum absolute atomic E-state index is 12.9. The largest absolute Gasteiger partial charge is 0.462 e. The van der Waals surface area contributed by atoms with E-state index < -0.39 is 12.1 Å². The van der Waals surface area contributed by atoms with E-state index in [1.54, 1.807) is 0 Å². The van der Waals surface area contributed by atoms with Gasteiger partial charge in [0.25, 0.3) is 0 Å². The molecular weight excluding hydrogens is 901 g/mol. The highest BCUT2D eigenvalue weighted by Crippen LogP contribution is 2.16. The molecule has 0 aliphatic rings. The molecule has 420 valence electrons. The normalized spacial score (nSPS) is 12.6. The average molecular weight is 1020 g/mol. The summed E-state index contributed by atoms with van der Waals surface area (Å²) in [4.78, 5) is 38.2. The Morgan fingerprint density at radius 1 is 0.288 bits per heavy atom. The topological polar surface area (TPSA) is 78.9 Å². The minimum absolute atomic E-state index is 0.107. The third-order valence-corrected chi connectivity index (χ3v) is 13.4. The summed E-state index contributed by atoms with van der Waals surface area (Å²) in [5, 5.41) is 0. The zero-order chi connectivity index (χ0) is 52.9. The van der Waals surface area contributed by atoms with Crippen LogP contribution in [0.15, 0.2) is 85.1 Å². The number of rotatable bonds is 56. The van der Waals surface area contributed by atoms with Gasteiger partial charge in [-0.1, -0.05) is 286 Å². The van der Waals surface area contributed by atoms with Crippen molar-refractivity contribution in [3.63, 3.8) is 0 Å². The van der Waals surface area contributed by atoms with Crippen LogP contribution in [0.2, 0.25) is 0 Å². The summed E-state index contributed by atoms with van der Waals surface area (Å²) < 4.78 is 16.8. The van der Waals surface area contributed by atoms with Crippen molar-refractivity contribution in [2.45, 2.75) is 309 Å². The molecule has 0 aliphatic carbocycles. The van der Waals surface area contributed by atoms with Crippen LogP contribution < -0.4 is 0 Å². The lowest BCUT2D eigenvalue weighted by Gasteiger charge is -2.18. The molecule has 0 spiro atoms. The maximum Gasteiger partial charge on any atom is 0.306 e. The third kappa shape index (κ3) is 59.3. The second-order valence-electron chi connectivity index (χ2n) is 20.6. The molecular formula is C67H116O6. The fraction of sp³-hybridized carbons (Fsp3) is 0.746. The van der Waals surface area contributed by atoms with Crippen molar-refractivity contribution in [2.75, 3.05) is 13.2 Å². The quantitative estimate of drug-likeness (QED) is 0.0261. The van der Waals surface area contributed by atoms with E-state index in [1.165, 1.54) is 173 Å². The molecule has 6 nitrogen and oxygen atoms in total. The molecule has 73 heavy (non-hydrogen) atoms. The number of hydrogen-bond donors (Lipinski definition) is 0. The zero-order valence-corrected chi connectivity index (χ0v) is 48.1. The number of hydrogen-bond acceptors (Lipinski definition) is 6. The van der Waals surface area contributed by atoms with Crippen molar-refractivity contribution in [3.05, 3.63) is 85.1 Å². The van der Waals surface area contributed by atoms with Gasteiger partial charge in [0.2, 0.25) is 0 Å². The lowest BCUT2D eigenvalue weighted by Crippen LogP contribution is -2.30. The van der Waals surface area contributed by atoms with Gasteiger partial charge in [0.1, 0.15) is 13.2 Å². The second kappa shape index (κ2) is 61.1. The van der Waals surface area contributed by atoms with Gasteiger partial charge in [-0.15, -0.1) is 0 Å². The van der Waals surface area contributed by atoms with Crippen LogP contribution in [0.5, 0.6) is 0 Å². The Labute approximate surface area is 452 Å². The fourth-order valence-corrected chi connectivity index (χ4v) is 8.76. The predicted octanol–water partition coefficient (Wildman–Crippen LogP) is 21.1. The molecule has 0 heterocycles. The molecule has 0 aromatic carbocycles. The van der Waals surface area contributed by atoms with E-state index in [-0.39, 0.29) is 31.6 Å². The van der Waals surface area contributed by atoms with Crippen LogP contribution in [0.1, 0.15) is 303 Å². The summed E-state index contributed by atoms with van der Waals surface area (Å²) in [7, 11) is 0. The number of ether oxygens (including phenoxy) is 3. The van der Waals surface area contributed by atoms with E-state index >= 15 is 0 Å². The van der Waals surface area contributed by atoms with Gasteiger partial charge in [-0.3, -0.25) is 14.4 Å². The molecule has 0 N–H and O–H groups in total. The van der Waals surface area contributed by atoms with E-state index in [1.807, 2.05) is 6.08 Å². The summed E-state index contributed by atoms with van der Waals surface area (Å²) in [5.74, 6) is -0.988. The first-order valence-electron chi connectivity index (χ1n) is 31.1. The Kier molecular flexibility index (Phi) is 58.3. The minimum Gasteiger partial charge on any atom is -0.462 e. The van der Waals surface area contributed by atoms with E-state index in [0.29, 0.717) is 19.3 Å². The Hall–Kier alpha value is -3.41. The summed E-state index contributed by atoms with van der Waals surface area (Å²) in [6.45, 7) is 6.49. The lowest BCUT2D eigenvalue weighted by molar-refractivity contribution is -0.166. The molecule has 0 aromatic rings. The van der Waals surface area contributed by atoms with E-state index in [2.05, 4.69) is 99.8 Å². The van der Waals surface area contributed by atoms with Gasteiger partial charge < -0.3 is 14.2 Å². The molecule has 6 heteroatoms. The molecule has 0 radical (unpaired) electrons. The van der Waals surface area contributed by atoms with E-state index in [9.17, 15) is 14.4 Å². The number of carbonyl (C=O) groups is 3. The van der Waals surface area contributed by atoms with Crippen molar-refractivity contribution < 1.29 is 28.6 Å². The molecule has 1 atom stereocenters. The summed E-state index contributed by atoms with van der Waals surface area (Å²) in [6.07, 6.45) is 80.3. The van der Waals surface area contributed by atoms with Crippen LogP contribution in [-0.4, -0.2) is 37.2 Å². The first-order chi connectivity index (χ1) is 36.0. The maximum atomic E-state index is 12.9. The standard InChI is InChI=1S/C67H116O6/c1-4-7-10-13-16-19-22-25-28-31-33-35-36-39-42-45-48-51-54-57-60-66(69)72-63-64(62-71-65(68)59-56-53-50-47-44-41-38-30-27-24-21-18-15-12-9-6-3)73-67(70)61-58-55-52-49-46-43-40-37-34-32-29-26-23-20-17-14-11-8-5-2/h8,11,17,20,26,29-30,34,37-38,43,46,52,55,64H,4-7,9-10,12-16,18-19,21-25,27-28,31-33,35-36,39-42,44-45,47-51,53-54,56-63H2,1-3H3/b11-8-,20-17-,29-26-,37-34-,38-30-,46-43-,55-52-. The Morgan fingerprint density at radius 3 is 0.890 bits per heavy atom. The molecule has 0 fully saturated rings. The summed E-state index contributed by atoms with van der Waals surface area (Å²) in [6, 6.07) is 0. The summed E-state index contributed by atoms with van der Waals surface area (Å²) >= 11 is 0. The average Bonchev–Trinajstić information content (AvgIpc) is 3.39. The first-order valence-corrected chi connectivity index (χ1v) is 31.1. The number of esters is 3. The fourth-order valence-electron chi connectivity index (χ4n) is 8.76. The summed E-state index contributed by atoms with van der Waals surface area (Å²) in [5.41, 5.74) is 0. The molecule has 1 unspecified atom stereocenters.